The van der Waals surface area contributed by atoms with Crippen LogP contribution in [0.3, 0.4) is 0 Å². The van der Waals surface area contributed by atoms with Crippen LogP contribution >= 0.6 is 0 Å². The van der Waals surface area contributed by atoms with E-state index in [1.807, 2.05) is 0 Å². The summed E-state index contributed by atoms with van der Waals surface area (Å²) in [6, 6.07) is 2.12. The SMILES string of the molecule is O=C(O)[C@@H](C[C@H]1CCOC1)NS(=O)(=O)c1ccc(OC(F)(F)F)cc1. The zero-order valence-electron chi connectivity index (χ0n) is 12.8. The van der Waals surface area contributed by atoms with Gasteiger partial charge in [0.25, 0.3) is 0 Å². The maximum atomic E-state index is 12.2. The molecule has 140 valence electrons. The third-order valence-electron chi connectivity index (χ3n) is 3.56. The molecule has 0 amide bonds. The lowest BCUT2D eigenvalue weighted by Crippen LogP contribution is -2.42. The van der Waals surface area contributed by atoms with Crippen LogP contribution in [0.5, 0.6) is 5.75 Å². The van der Waals surface area contributed by atoms with E-state index in [4.69, 9.17) is 4.74 Å². The van der Waals surface area contributed by atoms with Crippen LogP contribution in [-0.4, -0.2) is 45.1 Å². The van der Waals surface area contributed by atoms with E-state index in [1.54, 1.807) is 0 Å². The summed E-state index contributed by atoms with van der Waals surface area (Å²) in [5.74, 6) is -2.00. The van der Waals surface area contributed by atoms with Gasteiger partial charge in [0.15, 0.2) is 0 Å². The number of sulfonamides is 1. The number of nitrogens with one attached hydrogen (secondary N) is 1. The van der Waals surface area contributed by atoms with Crippen molar-refractivity contribution < 1.29 is 41.0 Å². The van der Waals surface area contributed by atoms with Gasteiger partial charge in [-0.1, -0.05) is 0 Å². The quantitative estimate of drug-likeness (QED) is 0.744. The lowest BCUT2D eigenvalue weighted by molar-refractivity contribution is -0.274. The first kappa shape index (κ1) is 19.5. The molecule has 25 heavy (non-hydrogen) atoms. The molecule has 11 heteroatoms. The van der Waals surface area contributed by atoms with Crippen LogP contribution < -0.4 is 9.46 Å². The van der Waals surface area contributed by atoms with Gasteiger partial charge in [0.2, 0.25) is 10.0 Å². The molecule has 0 aromatic heterocycles. The van der Waals surface area contributed by atoms with Crippen molar-refractivity contribution in [2.24, 2.45) is 5.92 Å². The molecule has 0 spiro atoms. The molecule has 1 aromatic carbocycles. The van der Waals surface area contributed by atoms with Crippen LogP contribution in [0.15, 0.2) is 29.2 Å². The average molecular weight is 383 g/mol. The second kappa shape index (κ2) is 7.58. The number of hydrogen-bond acceptors (Lipinski definition) is 5. The molecule has 0 aliphatic carbocycles. The van der Waals surface area contributed by atoms with Gasteiger partial charge < -0.3 is 14.6 Å². The number of benzene rings is 1. The molecule has 2 rings (SSSR count). The summed E-state index contributed by atoms with van der Waals surface area (Å²) in [7, 11) is -4.22. The number of ether oxygens (including phenoxy) is 2. The molecule has 1 aromatic rings. The smallest absolute Gasteiger partial charge is 0.480 e. The number of carboxylic acid groups (broad SMARTS) is 1. The fourth-order valence-electron chi connectivity index (χ4n) is 2.38. The Morgan fingerprint density at radius 1 is 1.36 bits per heavy atom. The van der Waals surface area contributed by atoms with Crippen molar-refractivity contribution in [3.63, 3.8) is 0 Å². The van der Waals surface area contributed by atoms with Gasteiger partial charge in [-0.2, -0.15) is 4.72 Å². The summed E-state index contributed by atoms with van der Waals surface area (Å²) in [5, 5.41) is 9.20. The zero-order valence-corrected chi connectivity index (χ0v) is 13.6. The van der Waals surface area contributed by atoms with Crippen LogP contribution in [0.2, 0.25) is 0 Å². The van der Waals surface area contributed by atoms with E-state index in [-0.39, 0.29) is 17.2 Å². The Kier molecular flexibility index (Phi) is 5.91. The largest absolute Gasteiger partial charge is 0.573 e. The van der Waals surface area contributed by atoms with Crippen LogP contribution in [0.25, 0.3) is 0 Å². The van der Waals surface area contributed by atoms with Crippen molar-refractivity contribution in [2.45, 2.75) is 30.1 Å². The van der Waals surface area contributed by atoms with E-state index >= 15 is 0 Å². The first-order valence-corrected chi connectivity index (χ1v) is 8.74. The van der Waals surface area contributed by atoms with E-state index < -0.39 is 34.1 Å². The van der Waals surface area contributed by atoms with Crippen molar-refractivity contribution in [2.75, 3.05) is 13.2 Å². The molecule has 1 fully saturated rings. The Morgan fingerprint density at radius 3 is 2.48 bits per heavy atom. The Hall–Kier alpha value is -1.85. The molecule has 0 saturated carbocycles. The molecule has 2 atom stereocenters. The molecule has 0 unspecified atom stereocenters. The number of hydrogen-bond donors (Lipinski definition) is 2. The molecule has 1 saturated heterocycles. The van der Waals surface area contributed by atoms with Gasteiger partial charge in [-0.15, -0.1) is 13.2 Å². The number of carboxylic acids is 1. The molecule has 1 aliphatic rings. The Labute approximate surface area is 141 Å². The van der Waals surface area contributed by atoms with Crippen LogP contribution in [-0.2, 0) is 19.6 Å². The molecule has 2 N–H and O–H groups in total. The van der Waals surface area contributed by atoms with Crippen LogP contribution in [0, 0.1) is 5.92 Å². The third kappa shape index (κ3) is 5.87. The van der Waals surface area contributed by atoms with Crippen molar-refractivity contribution >= 4 is 16.0 Å². The molecular weight excluding hydrogens is 367 g/mol. The molecule has 0 radical (unpaired) electrons. The van der Waals surface area contributed by atoms with E-state index in [1.165, 1.54) is 0 Å². The lowest BCUT2D eigenvalue weighted by atomic mass is 10.00. The normalized spacial score (nSPS) is 19.6. The van der Waals surface area contributed by atoms with Gasteiger partial charge in [0.05, 0.1) is 4.90 Å². The monoisotopic (exact) mass is 383 g/mol. The van der Waals surface area contributed by atoms with Crippen LogP contribution in [0.4, 0.5) is 13.2 Å². The van der Waals surface area contributed by atoms with E-state index in [9.17, 15) is 31.5 Å². The second-order valence-electron chi connectivity index (χ2n) is 5.50. The lowest BCUT2D eigenvalue weighted by Gasteiger charge is -2.17. The number of halogens is 3. The average Bonchev–Trinajstić information content (AvgIpc) is 2.98. The highest BCUT2D eigenvalue weighted by molar-refractivity contribution is 7.89. The van der Waals surface area contributed by atoms with Crippen molar-refractivity contribution in [1.29, 1.82) is 0 Å². The number of carbonyl (C=O) groups is 1. The second-order valence-corrected chi connectivity index (χ2v) is 7.21. The minimum absolute atomic E-state index is 0.0594. The highest BCUT2D eigenvalue weighted by Gasteiger charge is 2.32. The number of rotatable bonds is 7. The van der Waals surface area contributed by atoms with E-state index in [0.29, 0.717) is 19.6 Å². The standard InChI is InChI=1S/C14H16F3NO6S/c15-14(16,17)24-10-1-3-11(4-2-10)25(21,22)18-12(13(19)20)7-9-5-6-23-8-9/h1-4,9,12,18H,5-8H2,(H,19,20)/t9-,12-/m1/s1. The van der Waals surface area contributed by atoms with Gasteiger partial charge >= 0.3 is 12.3 Å². The van der Waals surface area contributed by atoms with Crippen molar-refractivity contribution in [3.8, 4) is 5.75 Å². The fourth-order valence-corrected chi connectivity index (χ4v) is 3.58. The van der Waals surface area contributed by atoms with Gasteiger partial charge in [-0.25, -0.2) is 8.42 Å². The van der Waals surface area contributed by atoms with Gasteiger partial charge in [0, 0.05) is 13.2 Å². The van der Waals surface area contributed by atoms with Crippen molar-refractivity contribution in [1.82, 2.24) is 4.72 Å². The van der Waals surface area contributed by atoms with Gasteiger partial charge in [-0.05, 0) is 43.0 Å². The summed E-state index contributed by atoms with van der Waals surface area (Å²) < 4.78 is 71.6. The van der Waals surface area contributed by atoms with E-state index in [2.05, 4.69) is 9.46 Å². The Morgan fingerprint density at radius 2 is 2.00 bits per heavy atom. The Balaban J connectivity index is 2.09. The first-order chi connectivity index (χ1) is 11.6. The fraction of sp³-hybridized carbons (Fsp3) is 0.500. The highest BCUT2D eigenvalue weighted by atomic mass is 32.2. The first-order valence-electron chi connectivity index (χ1n) is 7.25. The van der Waals surface area contributed by atoms with Gasteiger partial charge in [-0.3, -0.25) is 4.79 Å². The number of aliphatic carboxylic acids is 1. The number of alkyl halides is 3. The molecule has 1 heterocycles. The minimum Gasteiger partial charge on any atom is -0.480 e. The van der Waals surface area contributed by atoms with Gasteiger partial charge in [0.1, 0.15) is 11.8 Å². The summed E-state index contributed by atoms with van der Waals surface area (Å²) in [6.45, 7) is 0.847. The minimum atomic E-state index is -4.89. The molecule has 1 aliphatic heterocycles. The maximum Gasteiger partial charge on any atom is 0.573 e. The third-order valence-corrected chi connectivity index (χ3v) is 5.04. The van der Waals surface area contributed by atoms with Crippen molar-refractivity contribution in [3.05, 3.63) is 24.3 Å². The highest BCUT2D eigenvalue weighted by Crippen LogP contribution is 2.24. The zero-order chi connectivity index (χ0) is 18.7. The maximum absolute atomic E-state index is 12.2. The Bertz CT molecular complexity index is 698. The summed E-state index contributed by atoms with van der Waals surface area (Å²) in [4.78, 5) is 10.9. The summed E-state index contributed by atoms with van der Waals surface area (Å²) in [5.41, 5.74) is 0. The molecular formula is C14H16F3NO6S. The predicted octanol–water partition coefficient (Wildman–Crippen LogP) is 1.74. The van der Waals surface area contributed by atoms with E-state index in [0.717, 1.165) is 24.3 Å². The summed E-state index contributed by atoms with van der Waals surface area (Å²) >= 11 is 0. The molecule has 7 nitrogen and oxygen atoms in total. The summed E-state index contributed by atoms with van der Waals surface area (Å²) in [6.07, 6.45) is -4.20. The predicted molar refractivity (Wildman–Crippen MR) is 78.4 cm³/mol. The topological polar surface area (TPSA) is 102 Å². The van der Waals surface area contributed by atoms with Crippen LogP contribution in [0.1, 0.15) is 12.8 Å². The molecule has 0 bridgehead atoms.